The smallest absolute Gasteiger partial charge is 0.182 e. The highest BCUT2D eigenvalue weighted by molar-refractivity contribution is 5.81. The summed E-state index contributed by atoms with van der Waals surface area (Å²) in [5.41, 5.74) is 1.61. The van der Waals surface area contributed by atoms with Crippen molar-refractivity contribution in [2.45, 2.75) is 33.1 Å². The van der Waals surface area contributed by atoms with Crippen molar-refractivity contribution >= 4 is 17.0 Å². The number of unbranched alkanes of at least 4 members (excludes halogenated alkanes) is 1. The van der Waals surface area contributed by atoms with Crippen LogP contribution in [-0.4, -0.2) is 51.0 Å². The van der Waals surface area contributed by atoms with E-state index in [1.807, 2.05) is 0 Å². The van der Waals surface area contributed by atoms with E-state index in [0.717, 1.165) is 36.1 Å². The number of piperidine rings is 1. The summed E-state index contributed by atoms with van der Waals surface area (Å²) >= 11 is 0. The number of anilines is 1. The molecule has 0 aliphatic carbocycles. The van der Waals surface area contributed by atoms with Gasteiger partial charge < -0.3 is 15.2 Å². The van der Waals surface area contributed by atoms with E-state index >= 15 is 0 Å². The highest BCUT2D eigenvalue weighted by Gasteiger charge is 2.20. The summed E-state index contributed by atoms with van der Waals surface area (Å²) < 4.78 is 0. The van der Waals surface area contributed by atoms with Crippen molar-refractivity contribution in [2.24, 2.45) is 11.8 Å². The van der Waals surface area contributed by atoms with Gasteiger partial charge in [0.1, 0.15) is 11.8 Å². The molecule has 3 rings (SSSR count). The minimum Gasteiger partial charge on any atom is -0.368 e. The molecule has 1 aliphatic heterocycles. The third kappa shape index (κ3) is 3.74. The fraction of sp³-hybridized carbons (Fsp3) is 0.688. The molecule has 6 nitrogen and oxygen atoms in total. The van der Waals surface area contributed by atoms with Crippen molar-refractivity contribution in [1.82, 2.24) is 24.8 Å². The Balaban J connectivity index is 1.40. The Kier molecular flexibility index (Phi) is 4.87. The first-order valence-electron chi connectivity index (χ1n) is 8.32. The van der Waals surface area contributed by atoms with Gasteiger partial charge >= 0.3 is 0 Å². The van der Waals surface area contributed by atoms with Crippen molar-refractivity contribution in [3.63, 3.8) is 0 Å². The Morgan fingerprint density at radius 1 is 1.18 bits per heavy atom. The first-order valence-corrected chi connectivity index (χ1v) is 8.32. The number of fused-ring (bicyclic) bond motifs is 1. The summed E-state index contributed by atoms with van der Waals surface area (Å²) in [4.78, 5) is 18.3. The number of likely N-dealkylation sites (tertiary alicyclic amines) is 1. The summed E-state index contributed by atoms with van der Waals surface area (Å²) in [6, 6.07) is 0. The molecular weight excluding hydrogens is 276 g/mol. The molecule has 2 aromatic heterocycles. The molecule has 6 heteroatoms. The second kappa shape index (κ2) is 7.05. The quantitative estimate of drug-likeness (QED) is 0.802. The Morgan fingerprint density at radius 3 is 2.82 bits per heavy atom. The first-order chi connectivity index (χ1) is 10.7. The molecule has 1 saturated heterocycles. The fourth-order valence-electron chi connectivity index (χ4n) is 3.54. The molecule has 22 heavy (non-hydrogen) atoms. The molecule has 0 amide bonds. The van der Waals surface area contributed by atoms with E-state index < -0.39 is 0 Å². The van der Waals surface area contributed by atoms with Gasteiger partial charge in [-0.3, -0.25) is 0 Å². The zero-order valence-corrected chi connectivity index (χ0v) is 13.5. The van der Waals surface area contributed by atoms with E-state index in [1.54, 1.807) is 12.7 Å². The molecule has 0 spiro atoms. The first kappa shape index (κ1) is 15.2. The van der Waals surface area contributed by atoms with Crippen LogP contribution in [-0.2, 0) is 0 Å². The molecule has 2 aromatic rings. The number of hydrogen-bond donors (Lipinski definition) is 2. The summed E-state index contributed by atoms with van der Waals surface area (Å²) in [6.45, 7) is 9.41. The number of aromatic amines is 1. The van der Waals surface area contributed by atoms with Crippen LogP contribution in [0.1, 0.15) is 33.1 Å². The van der Waals surface area contributed by atoms with Crippen LogP contribution in [0.5, 0.6) is 0 Å². The van der Waals surface area contributed by atoms with E-state index in [-0.39, 0.29) is 0 Å². The molecule has 1 fully saturated rings. The zero-order valence-electron chi connectivity index (χ0n) is 13.5. The van der Waals surface area contributed by atoms with Crippen LogP contribution in [0.25, 0.3) is 11.2 Å². The summed E-state index contributed by atoms with van der Waals surface area (Å²) in [6.07, 6.45) is 6.97. The monoisotopic (exact) mass is 302 g/mol. The maximum absolute atomic E-state index is 4.28. The van der Waals surface area contributed by atoms with Gasteiger partial charge in [-0.25, -0.2) is 15.0 Å². The molecule has 0 unspecified atom stereocenters. The van der Waals surface area contributed by atoms with Gasteiger partial charge in [-0.1, -0.05) is 13.8 Å². The molecule has 0 bridgehead atoms. The van der Waals surface area contributed by atoms with E-state index in [1.165, 1.54) is 32.5 Å². The maximum Gasteiger partial charge on any atom is 0.182 e. The minimum atomic E-state index is 0.716. The Bertz CT molecular complexity index is 585. The number of imidazole rings is 1. The van der Waals surface area contributed by atoms with Crippen LogP contribution < -0.4 is 5.32 Å². The van der Waals surface area contributed by atoms with Crippen LogP contribution in [0.15, 0.2) is 12.7 Å². The van der Waals surface area contributed by atoms with E-state index in [4.69, 9.17) is 0 Å². The van der Waals surface area contributed by atoms with E-state index in [9.17, 15) is 0 Å². The van der Waals surface area contributed by atoms with Gasteiger partial charge in [0.2, 0.25) is 0 Å². The average molecular weight is 302 g/mol. The Morgan fingerprint density at radius 2 is 2.00 bits per heavy atom. The number of nitrogens with zero attached hydrogens (tertiary/aromatic N) is 4. The Labute approximate surface area is 131 Å². The molecule has 0 radical (unpaired) electrons. The van der Waals surface area contributed by atoms with Crippen molar-refractivity contribution < 1.29 is 0 Å². The molecule has 120 valence electrons. The van der Waals surface area contributed by atoms with E-state index in [0.29, 0.717) is 5.65 Å². The second-order valence-electron chi connectivity index (χ2n) is 6.66. The SMILES string of the molecule is C[C@@H]1C[C@H](C)CN(CCCCNc2ncnc3nc[nH]c23)C1. The van der Waals surface area contributed by atoms with Gasteiger partial charge in [-0.05, 0) is 37.6 Å². The normalized spacial score (nSPS) is 23.0. The molecule has 0 saturated carbocycles. The van der Waals surface area contributed by atoms with Crippen molar-refractivity contribution in [3.8, 4) is 0 Å². The van der Waals surface area contributed by atoms with Gasteiger partial charge in [0, 0.05) is 19.6 Å². The van der Waals surface area contributed by atoms with Crippen molar-refractivity contribution in [3.05, 3.63) is 12.7 Å². The third-order valence-corrected chi connectivity index (χ3v) is 4.36. The topological polar surface area (TPSA) is 69.7 Å². The average Bonchev–Trinajstić information content (AvgIpc) is 2.95. The number of hydrogen-bond acceptors (Lipinski definition) is 5. The van der Waals surface area contributed by atoms with Crippen LogP contribution in [0.2, 0.25) is 0 Å². The lowest BCUT2D eigenvalue weighted by Gasteiger charge is -2.34. The lowest BCUT2D eigenvalue weighted by atomic mass is 9.92. The largest absolute Gasteiger partial charge is 0.368 e. The van der Waals surface area contributed by atoms with Crippen LogP contribution in [0, 0.1) is 11.8 Å². The Hall–Kier alpha value is -1.69. The minimum absolute atomic E-state index is 0.716. The highest BCUT2D eigenvalue weighted by Crippen LogP contribution is 2.21. The molecule has 2 atom stereocenters. The number of nitrogens with one attached hydrogen (secondary N) is 2. The molecule has 2 N–H and O–H groups in total. The van der Waals surface area contributed by atoms with Crippen LogP contribution >= 0.6 is 0 Å². The van der Waals surface area contributed by atoms with Gasteiger partial charge in [0.15, 0.2) is 11.5 Å². The van der Waals surface area contributed by atoms with Gasteiger partial charge in [0.05, 0.1) is 6.33 Å². The fourth-order valence-corrected chi connectivity index (χ4v) is 3.54. The van der Waals surface area contributed by atoms with Crippen LogP contribution in [0.4, 0.5) is 5.82 Å². The predicted molar refractivity (Wildman–Crippen MR) is 88.8 cm³/mol. The lowest BCUT2D eigenvalue weighted by Crippen LogP contribution is -2.39. The molecular formula is C16H26N6. The third-order valence-electron chi connectivity index (χ3n) is 4.36. The van der Waals surface area contributed by atoms with Gasteiger partial charge in [-0.15, -0.1) is 0 Å². The highest BCUT2D eigenvalue weighted by atomic mass is 15.1. The zero-order chi connectivity index (χ0) is 15.4. The molecule has 1 aliphatic rings. The lowest BCUT2D eigenvalue weighted by molar-refractivity contribution is 0.139. The van der Waals surface area contributed by atoms with Crippen molar-refractivity contribution in [2.75, 3.05) is 31.5 Å². The number of aromatic nitrogens is 4. The van der Waals surface area contributed by atoms with Crippen molar-refractivity contribution in [1.29, 1.82) is 0 Å². The van der Waals surface area contributed by atoms with E-state index in [2.05, 4.69) is 44.0 Å². The summed E-state index contributed by atoms with van der Waals surface area (Å²) in [5.74, 6) is 2.54. The number of H-pyrrole nitrogens is 1. The summed E-state index contributed by atoms with van der Waals surface area (Å²) in [7, 11) is 0. The van der Waals surface area contributed by atoms with Gasteiger partial charge in [-0.2, -0.15) is 0 Å². The summed E-state index contributed by atoms with van der Waals surface area (Å²) in [5, 5.41) is 3.39. The standard InChI is InChI=1S/C16H26N6/c1-12-7-13(2)9-22(8-12)6-4-3-5-17-15-14-16(19-10-18-14)21-11-20-15/h10-13H,3-9H2,1-2H3,(H2,17,18,19,20,21)/t12-,13+. The van der Waals surface area contributed by atoms with Gasteiger partial charge in [0.25, 0.3) is 0 Å². The molecule has 0 aromatic carbocycles. The molecule has 3 heterocycles. The second-order valence-corrected chi connectivity index (χ2v) is 6.66. The predicted octanol–water partition coefficient (Wildman–Crippen LogP) is 2.52. The number of rotatable bonds is 6. The van der Waals surface area contributed by atoms with Crippen LogP contribution in [0.3, 0.4) is 0 Å². The maximum atomic E-state index is 4.28.